The molecule has 2 heterocycles. The van der Waals surface area contributed by atoms with E-state index in [1.165, 1.54) is 23.8 Å². The molecule has 4 nitrogen and oxygen atoms in total. The molecule has 0 aliphatic heterocycles. The van der Waals surface area contributed by atoms with E-state index in [9.17, 15) is 0 Å². The Morgan fingerprint density at radius 1 is 1.50 bits per heavy atom. The summed E-state index contributed by atoms with van der Waals surface area (Å²) in [4.78, 5) is 9.95. The van der Waals surface area contributed by atoms with E-state index in [0.29, 0.717) is 0 Å². The molecule has 1 saturated carbocycles. The first-order valence-corrected chi connectivity index (χ1v) is 6.66. The van der Waals surface area contributed by atoms with Gasteiger partial charge in [0, 0.05) is 43.5 Å². The molecular formula is C14H20N4. The summed E-state index contributed by atoms with van der Waals surface area (Å²) in [5.74, 6) is 0. The van der Waals surface area contributed by atoms with Crippen LogP contribution in [0.4, 0.5) is 0 Å². The van der Waals surface area contributed by atoms with Gasteiger partial charge in [-0.2, -0.15) is 0 Å². The maximum absolute atomic E-state index is 4.30. The minimum absolute atomic E-state index is 0.851. The molecule has 0 saturated heterocycles. The molecule has 0 spiro atoms. The van der Waals surface area contributed by atoms with Crippen molar-refractivity contribution in [3.05, 3.63) is 30.1 Å². The first-order chi connectivity index (χ1) is 8.84. The zero-order valence-electron chi connectivity index (χ0n) is 10.8. The van der Waals surface area contributed by atoms with Crippen LogP contribution in [-0.2, 0) is 6.54 Å². The lowest BCUT2D eigenvalue weighted by molar-refractivity contribution is 0.322. The van der Waals surface area contributed by atoms with Gasteiger partial charge in [-0.15, -0.1) is 0 Å². The molecule has 0 amide bonds. The second-order valence-corrected chi connectivity index (χ2v) is 5.10. The minimum Gasteiger partial charge on any atom is -0.346 e. The van der Waals surface area contributed by atoms with Crippen LogP contribution in [0, 0.1) is 0 Å². The highest BCUT2D eigenvalue weighted by molar-refractivity contribution is 5.79. The molecule has 18 heavy (non-hydrogen) atoms. The molecule has 1 aliphatic rings. The van der Waals surface area contributed by atoms with Crippen LogP contribution in [0.15, 0.2) is 24.5 Å². The first-order valence-electron chi connectivity index (χ1n) is 6.66. The average Bonchev–Trinajstić information content (AvgIpc) is 3.17. The number of aromatic amines is 1. The highest BCUT2D eigenvalue weighted by Gasteiger charge is 2.25. The molecule has 96 valence electrons. The minimum atomic E-state index is 0.851. The van der Waals surface area contributed by atoms with Crippen LogP contribution in [0.5, 0.6) is 0 Å². The predicted molar refractivity (Wildman–Crippen MR) is 73.5 cm³/mol. The number of H-pyrrole nitrogens is 1. The van der Waals surface area contributed by atoms with Crippen LogP contribution in [0.25, 0.3) is 11.0 Å². The number of likely N-dealkylation sites (N-methyl/N-ethyl adjacent to an activating group) is 1. The van der Waals surface area contributed by atoms with Crippen LogP contribution >= 0.6 is 0 Å². The van der Waals surface area contributed by atoms with Crippen molar-refractivity contribution in [3.8, 4) is 0 Å². The fourth-order valence-corrected chi connectivity index (χ4v) is 2.34. The zero-order valence-corrected chi connectivity index (χ0v) is 10.8. The smallest absolute Gasteiger partial charge is 0.137 e. The van der Waals surface area contributed by atoms with Crippen LogP contribution in [-0.4, -0.2) is 41.0 Å². The molecule has 0 aromatic carbocycles. The van der Waals surface area contributed by atoms with Gasteiger partial charge in [0.25, 0.3) is 0 Å². The van der Waals surface area contributed by atoms with Gasteiger partial charge in [0.2, 0.25) is 0 Å². The van der Waals surface area contributed by atoms with Crippen molar-refractivity contribution in [2.75, 3.05) is 20.1 Å². The van der Waals surface area contributed by atoms with E-state index in [1.54, 1.807) is 0 Å². The molecule has 0 atom stereocenters. The molecule has 4 heteroatoms. The number of fused-ring (bicyclic) bond motifs is 1. The van der Waals surface area contributed by atoms with E-state index in [1.807, 2.05) is 12.3 Å². The average molecular weight is 244 g/mol. The third-order valence-corrected chi connectivity index (χ3v) is 3.66. The Balaban J connectivity index is 1.50. The number of nitrogens with one attached hydrogen (secondary N) is 2. The lowest BCUT2D eigenvalue weighted by Crippen LogP contribution is -2.30. The molecular weight excluding hydrogens is 224 g/mol. The molecule has 1 fully saturated rings. The van der Waals surface area contributed by atoms with Crippen molar-refractivity contribution < 1.29 is 0 Å². The van der Waals surface area contributed by atoms with Gasteiger partial charge in [0.1, 0.15) is 5.65 Å². The molecule has 0 radical (unpaired) electrons. The Labute approximate surface area is 107 Å². The molecule has 0 unspecified atom stereocenters. The number of hydrogen-bond donors (Lipinski definition) is 2. The van der Waals surface area contributed by atoms with Gasteiger partial charge in [0.05, 0.1) is 0 Å². The normalized spacial score (nSPS) is 15.7. The lowest BCUT2D eigenvalue weighted by Gasteiger charge is -2.15. The first kappa shape index (κ1) is 11.7. The van der Waals surface area contributed by atoms with Crippen molar-refractivity contribution in [2.45, 2.75) is 25.4 Å². The van der Waals surface area contributed by atoms with Gasteiger partial charge < -0.3 is 15.2 Å². The number of pyridine rings is 1. The third-order valence-electron chi connectivity index (χ3n) is 3.66. The summed E-state index contributed by atoms with van der Waals surface area (Å²) >= 11 is 0. The van der Waals surface area contributed by atoms with E-state index in [4.69, 9.17) is 0 Å². The molecule has 2 aromatic heterocycles. The van der Waals surface area contributed by atoms with E-state index < -0.39 is 0 Å². The number of nitrogens with zero attached hydrogens (tertiary/aromatic N) is 2. The summed E-state index contributed by atoms with van der Waals surface area (Å²) < 4.78 is 0. The number of aromatic nitrogens is 2. The van der Waals surface area contributed by atoms with E-state index in [0.717, 1.165) is 31.3 Å². The summed E-state index contributed by atoms with van der Waals surface area (Å²) in [6, 6.07) is 4.95. The largest absolute Gasteiger partial charge is 0.346 e. The molecule has 0 bridgehead atoms. The maximum atomic E-state index is 4.30. The van der Waals surface area contributed by atoms with Crippen LogP contribution < -0.4 is 5.32 Å². The van der Waals surface area contributed by atoms with Crippen molar-refractivity contribution >= 4 is 11.0 Å². The van der Waals surface area contributed by atoms with Crippen molar-refractivity contribution in [2.24, 2.45) is 0 Å². The van der Waals surface area contributed by atoms with Crippen LogP contribution in [0.2, 0.25) is 0 Å². The lowest BCUT2D eigenvalue weighted by atomic mass is 10.2. The number of hydrogen-bond acceptors (Lipinski definition) is 3. The highest BCUT2D eigenvalue weighted by atomic mass is 15.2. The topological polar surface area (TPSA) is 44.0 Å². The second kappa shape index (κ2) is 5.08. The Morgan fingerprint density at radius 3 is 3.22 bits per heavy atom. The summed E-state index contributed by atoms with van der Waals surface area (Å²) in [6.45, 7) is 3.08. The predicted octanol–water partition coefficient (Wildman–Crippen LogP) is 1.75. The van der Waals surface area contributed by atoms with Crippen molar-refractivity contribution in [3.63, 3.8) is 0 Å². The van der Waals surface area contributed by atoms with E-state index in [2.05, 4.69) is 39.5 Å². The van der Waals surface area contributed by atoms with Gasteiger partial charge in [-0.25, -0.2) is 4.98 Å². The molecule has 2 N–H and O–H groups in total. The summed E-state index contributed by atoms with van der Waals surface area (Å²) in [7, 11) is 2.22. The summed E-state index contributed by atoms with van der Waals surface area (Å²) in [5, 5.41) is 4.73. The Morgan fingerprint density at radius 2 is 2.39 bits per heavy atom. The van der Waals surface area contributed by atoms with Crippen LogP contribution in [0.1, 0.15) is 18.4 Å². The van der Waals surface area contributed by atoms with Gasteiger partial charge in [-0.1, -0.05) is 0 Å². The van der Waals surface area contributed by atoms with Gasteiger partial charge in [-0.05, 0) is 37.6 Å². The van der Waals surface area contributed by atoms with Gasteiger partial charge in [-0.3, -0.25) is 0 Å². The van der Waals surface area contributed by atoms with E-state index >= 15 is 0 Å². The Hall–Kier alpha value is -1.39. The van der Waals surface area contributed by atoms with Gasteiger partial charge in [0.15, 0.2) is 0 Å². The fraction of sp³-hybridized carbons (Fsp3) is 0.500. The number of rotatable bonds is 6. The monoisotopic (exact) mass is 244 g/mol. The van der Waals surface area contributed by atoms with Crippen molar-refractivity contribution in [1.29, 1.82) is 0 Å². The van der Waals surface area contributed by atoms with Crippen molar-refractivity contribution in [1.82, 2.24) is 20.2 Å². The highest BCUT2D eigenvalue weighted by Crippen LogP contribution is 2.24. The van der Waals surface area contributed by atoms with Gasteiger partial charge >= 0.3 is 0 Å². The quantitative estimate of drug-likeness (QED) is 0.761. The zero-order chi connectivity index (χ0) is 12.4. The summed E-state index contributed by atoms with van der Waals surface area (Å²) in [6.07, 6.45) is 6.63. The second-order valence-electron chi connectivity index (χ2n) is 5.10. The third kappa shape index (κ3) is 2.54. The van der Waals surface area contributed by atoms with E-state index in [-0.39, 0.29) is 0 Å². The fourth-order valence-electron chi connectivity index (χ4n) is 2.34. The molecule has 1 aliphatic carbocycles. The standard InChI is InChI=1S/C14H20N4/c1-18(12-4-5-12)8-7-15-9-11-10-17-14-13(11)3-2-6-16-14/h2-3,6,10,12,15H,4-5,7-9H2,1H3,(H,16,17). The molecule has 3 rings (SSSR count). The maximum Gasteiger partial charge on any atom is 0.137 e. The molecule has 2 aromatic rings. The van der Waals surface area contributed by atoms with Crippen LogP contribution in [0.3, 0.4) is 0 Å². The Bertz CT molecular complexity index is 515. The Kier molecular flexibility index (Phi) is 3.30. The summed E-state index contributed by atoms with van der Waals surface area (Å²) in [5.41, 5.74) is 2.27. The SMILES string of the molecule is CN(CCNCc1c[nH]c2ncccc12)C1CC1.